The summed E-state index contributed by atoms with van der Waals surface area (Å²) in [5.41, 5.74) is 30.1. The van der Waals surface area contributed by atoms with Crippen LogP contribution in [0.4, 0.5) is 0 Å². The highest BCUT2D eigenvalue weighted by atomic mass is 31.2. The summed E-state index contributed by atoms with van der Waals surface area (Å²) in [6.45, 7) is 26.7. The summed E-state index contributed by atoms with van der Waals surface area (Å²) in [6.07, 6.45) is 40.6. The van der Waals surface area contributed by atoms with Crippen molar-refractivity contribution in [2.75, 3.05) is 52.4 Å². The van der Waals surface area contributed by atoms with Gasteiger partial charge in [0, 0.05) is 0 Å². The third kappa shape index (κ3) is 114. The molecule has 1 fully saturated rings. The molecular formula is C54H135N8O9P. The van der Waals surface area contributed by atoms with Crippen molar-refractivity contribution in [3.63, 3.8) is 0 Å². The average Bonchev–Trinajstić information content (AvgIpc) is 3.33. The summed E-state index contributed by atoms with van der Waals surface area (Å²) in [7, 11) is -5.39. The Kier molecular flexibility index (Phi) is 107. The van der Waals surface area contributed by atoms with Gasteiger partial charge in [-0.3, -0.25) is 5.79 Å². The molecule has 24 N–H and O–H groups in total. The molecule has 72 heavy (non-hydrogen) atoms. The number of hydrogen-bond acceptors (Lipinski definition) is 9. The molecule has 1 atom stereocenters. The first-order chi connectivity index (χ1) is 34.2. The molecule has 0 amide bonds. The highest BCUT2D eigenvalue weighted by molar-refractivity contribution is 7.40. The molecule has 1 unspecified atom stereocenters. The predicted molar refractivity (Wildman–Crippen MR) is 286 cm³/mol. The van der Waals surface area contributed by atoms with Gasteiger partial charge in [-0.25, -0.2) is 5.79 Å². The van der Waals surface area contributed by atoms with Gasteiger partial charge in [0.05, 0.1) is 52.4 Å². The Hall–Kier alpha value is -0.410. The third-order valence-electron chi connectivity index (χ3n) is 10.8. The fourth-order valence-electron chi connectivity index (χ4n) is 5.96. The maximum absolute atomic E-state index is 10.6. The quantitative estimate of drug-likeness (QED) is 0.0218. The van der Waals surface area contributed by atoms with E-state index in [1.165, 1.54) is 205 Å². The molecule has 1 rings (SSSR count). The second kappa shape index (κ2) is 84.5. The number of quaternary nitrogens is 8. The van der Waals surface area contributed by atoms with Crippen LogP contribution in [-0.2, 0) is 4.57 Å². The van der Waals surface area contributed by atoms with Gasteiger partial charge in [0.25, 0.3) is 0 Å². The van der Waals surface area contributed by atoms with Gasteiger partial charge in [-0.1, -0.05) is 177 Å². The Bertz CT molecular complexity index is 729. The Labute approximate surface area is 447 Å². The van der Waals surface area contributed by atoms with E-state index in [-0.39, 0.29) is 12.8 Å². The lowest BCUT2D eigenvalue weighted by molar-refractivity contribution is -0.899. The molecule has 0 heterocycles. The van der Waals surface area contributed by atoms with Gasteiger partial charge in [-0.05, 0) is 103 Å². The first-order valence-electron chi connectivity index (χ1n) is 29.7. The number of hydrogen-bond donors (Lipinski definition) is 8. The number of unbranched alkanes of at least 4 members (excludes halogenated alkanes) is 24. The molecule has 0 spiro atoms. The van der Waals surface area contributed by atoms with Crippen LogP contribution in [0.25, 0.3) is 0 Å². The van der Waals surface area contributed by atoms with Gasteiger partial charge in [-0.2, -0.15) is 13.9 Å². The predicted octanol–water partition coefficient (Wildman–Crippen LogP) is -1.62. The number of rotatable bonds is 32. The lowest BCUT2D eigenvalue weighted by Crippen LogP contribution is -2.89. The molecule has 1 saturated carbocycles. The molecule has 0 bridgehead atoms. The first kappa shape index (κ1) is 91.1. The largest absolute Gasteiger partial charge is 0.865 e. The highest BCUT2D eigenvalue weighted by Crippen LogP contribution is 2.23. The van der Waals surface area contributed by atoms with Gasteiger partial charge in [0.1, 0.15) is 0 Å². The minimum Gasteiger partial charge on any atom is -0.865 e. The second-order valence-electron chi connectivity index (χ2n) is 18.6. The van der Waals surface area contributed by atoms with Crippen LogP contribution in [0.2, 0.25) is 0 Å². The van der Waals surface area contributed by atoms with Crippen molar-refractivity contribution < 1.29 is 90.6 Å². The Morgan fingerprint density at radius 1 is 0.347 bits per heavy atom. The maximum atomic E-state index is 10.6. The minimum absolute atomic E-state index is 0.0907. The highest BCUT2D eigenvalue weighted by Gasteiger charge is 2.18. The fraction of sp³-hybridized carbons (Fsp3) is 1.00. The molecule has 450 valence electrons. The van der Waals surface area contributed by atoms with Crippen LogP contribution in [-0.4, -0.2) is 70.0 Å². The first-order valence-corrected chi connectivity index (χ1v) is 31.2. The van der Waals surface area contributed by atoms with Gasteiger partial charge >= 0.3 is 0 Å². The van der Waals surface area contributed by atoms with Crippen molar-refractivity contribution in [1.29, 1.82) is 0 Å². The SMILES string of the molecule is CCCCCC[NH3+].CCCCCC[NH3+].CCCCCC[NH3+].CCCCCC[NH3+].CCCCCC[NH3+].CCCCCC[NH3+].CCCCCC[NH3+].CCCCCC[NH3+].O=P([O-])([O-])[O-].[O-]C1CCCC([O-])([O-])C1([O-])[O-]. The molecule has 0 aromatic heterocycles. The second-order valence-corrected chi connectivity index (χ2v) is 19.5. The normalized spacial score (nSPS) is 13.5. The standard InChI is InChI=1S/8C6H15N.C6H7O5.H3O4P/c8*1-2-3-4-5-6-7;7-4-2-1-3-5(8,9)6(4,10)11;1-5(2,3)4/h8*2-7H2,1H3;4H,1-3H2;(H3,1,2,3,4)/q;;;;;;;;-5;/p+5. The van der Waals surface area contributed by atoms with E-state index in [9.17, 15) is 25.5 Å². The lowest BCUT2D eigenvalue weighted by atomic mass is 9.86. The van der Waals surface area contributed by atoms with E-state index in [1.807, 2.05) is 0 Å². The van der Waals surface area contributed by atoms with E-state index >= 15 is 0 Å². The molecule has 0 aromatic carbocycles. The molecule has 0 radical (unpaired) electrons. The summed E-state index contributed by atoms with van der Waals surface area (Å²) in [5, 5.41) is 53.0. The van der Waals surface area contributed by atoms with E-state index in [4.69, 9.17) is 19.2 Å². The average molecular weight is 1070 g/mol. The molecule has 0 saturated heterocycles. The van der Waals surface area contributed by atoms with E-state index in [0.29, 0.717) is 0 Å². The third-order valence-corrected chi connectivity index (χ3v) is 10.8. The summed E-state index contributed by atoms with van der Waals surface area (Å²) >= 11 is 0. The lowest BCUT2D eigenvalue weighted by Gasteiger charge is -2.82. The Balaban J connectivity index is -0.0000000881. The molecule has 1 aliphatic rings. The van der Waals surface area contributed by atoms with E-state index in [0.717, 1.165) is 52.4 Å². The maximum Gasteiger partial charge on any atom is 0.0739 e. The van der Waals surface area contributed by atoms with Crippen molar-refractivity contribution in [3.05, 3.63) is 0 Å². The molecule has 0 aliphatic heterocycles. The monoisotopic (exact) mass is 1070 g/mol. The summed E-state index contributed by atoms with van der Waals surface area (Å²) < 4.78 is 8.55. The molecular weight excluding hydrogens is 936 g/mol. The molecule has 0 aromatic rings. The summed E-state index contributed by atoms with van der Waals surface area (Å²) in [6, 6.07) is 0. The summed E-state index contributed by atoms with van der Waals surface area (Å²) in [5.74, 6) is -7.01. The van der Waals surface area contributed by atoms with Crippen molar-refractivity contribution in [1.82, 2.24) is 0 Å². The van der Waals surface area contributed by atoms with Gasteiger partial charge in [0.2, 0.25) is 0 Å². The van der Waals surface area contributed by atoms with Gasteiger partial charge in [-0.15, -0.1) is 0 Å². The smallest absolute Gasteiger partial charge is 0.0739 e. The van der Waals surface area contributed by atoms with Crippen LogP contribution in [0.3, 0.4) is 0 Å². The zero-order chi connectivity index (χ0) is 57.5. The van der Waals surface area contributed by atoms with E-state index < -0.39 is 31.9 Å². The minimum atomic E-state index is -5.39. The van der Waals surface area contributed by atoms with Gasteiger partial charge < -0.3 is 90.6 Å². The van der Waals surface area contributed by atoms with Crippen LogP contribution in [0, 0.1) is 0 Å². The molecule has 18 heteroatoms. The van der Waals surface area contributed by atoms with E-state index in [1.54, 1.807) is 0 Å². The zero-order valence-electron chi connectivity index (χ0n) is 49.8. The topological polar surface area (TPSA) is 423 Å². The Morgan fingerprint density at radius 2 is 0.500 bits per heavy atom. The van der Waals surface area contributed by atoms with Crippen LogP contribution in [0.5, 0.6) is 0 Å². The van der Waals surface area contributed by atoms with Crippen molar-refractivity contribution in [2.24, 2.45) is 0 Å². The van der Waals surface area contributed by atoms with Crippen LogP contribution in [0.1, 0.15) is 280 Å². The molecule has 17 nitrogen and oxygen atoms in total. The zero-order valence-corrected chi connectivity index (χ0v) is 50.7. The van der Waals surface area contributed by atoms with E-state index in [2.05, 4.69) is 101 Å². The van der Waals surface area contributed by atoms with Crippen molar-refractivity contribution in [2.45, 2.75) is 298 Å². The summed E-state index contributed by atoms with van der Waals surface area (Å²) in [4.78, 5) is 25.6. The fourth-order valence-corrected chi connectivity index (χ4v) is 5.96. The Morgan fingerprint density at radius 3 is 0.597 bits per heavy atom. The number of phosphoric acid groups is 1. The molecule has 1 aliphatic carbocycles. The van der Waals surface area contributed by atoms with Gasteiger partial charge in [0.15, 0.2) is 0 Å². The van der Waals surface area contributed by atoms with Crippen LogP contribution in [0.15, 0.2) is 0 Å². The van der Waals surface area contributed by atoms with Crippen LogP contribution < -0.4 is 86.1 Å². The van der Waals surface area contributed by atoms with Crippen LogP contribution >= 0.6 is 7.82 Å². The van der Waals surface area contributed by atoms with Crippen molar-refractivity contribution in [3.8, 4) is 0 Å². The van der Waals surface area contributed by atoms with Crippen molar-refractivity contribution >= 4 is 7.82 Å².